The molecule has 3 amide bonds. The zero-order chi connectivity index (χ0) is 23.5. The smallest absolute Gasteiger partial charge is 0.276 e. The summed E-state index contributed by atoms with van der Waals surface area (Å²) in [6.07, 6.45) is 2.00. The van der Waals surface area contributed by atoms with Gasteiger partial charge in [-0.25, -0.2) is 9.37 Å². The third kappa shape index (κ3) is 5.53. The van der Waals surface area contributed by atoms with Crippen molar-refractivity contribution in [1.82, 2.24) is 14.9 Å². The number of rotatable bonds is 5. The number of aromatic nitrogens is 2. The van der Waals surface area contributed by atoms with Gasteiger partial charge >= 0.3 is 0 Å². The van der Waals surface area contributed by atoms with Crippen LogP contribution in [0.15, 0.2) is 48.8 Å². The molecule has 1 fully saturated rings. The van der Waals surface area contributed by atoms with Gasteiger partial charge in [-0.15, -0.1) is 12.4 Å². The molecule has 0 spiro atoms. The van der Waals surface area contributed by atoms with Gasteiger partial charge in [0.25, 0.3) is 17.7 Å². The number of nitrogens with two attached hydrogens (primary N) is 1. The first-order valence-electron chi connectivity index (χ1n) is 10.1. The number of amides is 3. The summed E-state index contributed by atoms with van der Waals surface area (Å²) in [4.78, 5) is 46.0. The van der Waals surface area contributed by atoms with Crippen LogP contribution in [0.4, 0.5) is 15.8 Å². The number of H-pyrrole nitrogens is 1. The predicted molar refractivity (Wildman–Crippen MR) is 128 cm³/mol. The summed E-state index contributed by atoms with van der Waals surface area (Å²) in [6, 6.07) is 9.72. The molecule has 9 nitrogen and oxygen atoms in total. The maximum absolute atomic E-state index is 13.2. The third-order valence-electron chi connectivity index (χ3n) is 5.16. The highest BCUT2D eigenvalue weighted by atomic mass is 35.5. The van der Waals surface area contributed by atoms with E-state index in [2.05, 4.69) is 20.6 Å². The Labute approximate surface area is 205 Å². The summed E-state index contributed by atoms with van der Waals surface area (Å²) < 4.78 is 13.2. The molecule has 1 saturated heterocycles. The standard InChI is InChI=1S/C22H20ClFN6O3.ClH/c23-17-9-12(24)1-6-16(17)20(31)28-14-2-4-15(5-3-14)29-21(32)18-19(27-11-26-18)22(33)30-8-7-13(25)10-30;/h1-6,9,11,13H,7-8,10,25H2,(H,26,27)(H,28,31)(H,29,32);1H. The highest BCUT2D eigenvalue weighted by Gasteiger charge is 2.29. The van der Waals surface area contributed by atoms with E-state index >= 15 is 0 Å². The SMILES string of the molecule is Cl.NC1CCN(C(=O)c2[nH]cnc2C(=O)Nc2ccc(NC(=O)c3ccc(F)cc3Cl)cc2)C1. The molecular formula is C22H21Cl2FN6O3. The quantitative estimate of drug-likeness (QED) is 0.421. The van der Waals surface area contributed by atoms with Crippen molar-refractivity contribution in [1.29, 1.82) is 0 Å². The molecule has 5 N–H and O–H groups in total. The lowest BCUT2D eigenvalue weighted by Crippen LogP contribution is -2.33. The lowest BCUT2D eigenvalue weighted by molar-refractivity contribution is 0.0780. The van der Waals surface area contributed by atoms with E-state index in [1.165, 1.54) is 12.4 Å². The monoisotopic (exact) mass is 506 g/mol. The van der Waals surface area contributed by atoms with Crippen molar-refractivity contribution in [3.8, 4) is 0 Å². The summed E-state index contributed by atoms with van der Waals surface area (Å²) in [7, 11) is 0. The molecule has 1 aliphatic heterocycles. The summed E-state index contributed by atoms with van der Waals surface area (Å²) in [5, 5.41) is 5.32. The van der Waals surface area contributed by atoms with Gasteiger partial charge in [-0.05, 0) is 48.9 Å². The number of nitrogens with zero attached hydrogens (tertiary/aromatic N) is 2. The molecule has 2 aromatic carbocycles. The molecule has 178 valence electrons. The van der Waals surface area contributed by atoms with E-state index < -0.39 is 17.6 Å². The second-order valence-electron chi connectivity index (χ2n) is 7.54. The van der Waals surface area contributed by atoms with Crippen LogP contribution in [0.2, 0.25) is 5.02 Å². The average Bonchev–Trinajstić information content (AvgIpc) is 3.44. The lowest BCUT2D eigenvalue weighted by atomic mass is 10.2. The summed E-state index contributed by atoms with van der Waals surface area (Å²) >= 11 is 5.92. The first-order chi connectivity index (χ1) is 15.8. The van der Waals surface area contributed by atoms with Crippen LogP contribution in [0.5, 0.6) is 0 Å². The topological polar surface area (TPSA) is 133 Å². The van der Waals surface area contributed by atoms with Crippen LogP contribution in [-0.2, 0) is 0 Å². The van der Waals surface area contributed by atoms with Gasteiger partial charge in [-0.2, -0.15) is 0 Å². The Morgan fingerprint density at radius 2 is 1.74 bits per heavy atom. The minimum absolute atomic E-state index is 0. The second-order valence-corrected chi connectivity index (χ2v) is 7.94. The van der Waals surface area contributed by atoms with E-state index in [4.69, 9.17) is 17.3 Å². The van der Waals surface area contributed by atoms with Gasteiger partial charge in [0.2, 0.25) is 0 Å². The van der Waals surface area contributed by atoms with E-state index in [1.807, 2.05) is 0 Å². The van der Waals surface area contributed by atoms with Crippen LogP contribution in [-0.4, -0.2) is 51.7 Å². The van der Waals surface area contributed by atoms with E-state index in [1.54, 1.807) is 29.2 Å². The van der Waals surface area contributed by atoms with Crippen LogP contribution in [0, 0.1) is 5.82 Å². The van der Waals surface area contributed by atoms with E-state index in [0.29, 0.717) is 30.9 Å². The predicted octanol–water partition coefficient (Wildman–Crippen LogP) is 3.30. The molecule has 12 heteroatoms. The van der Waals surface area contributed by atoms with Crippen LogP contribution in [0.1, 0.15) is 37.8 Å². The first kappa shape index (κ1) is 25.2. The van der Waals surface area contributed by atoms with Crippen molar-refractivity contribution in [3.63, 3.8) is 0 Å². The zero-order valence-electron chi connectivity index (χ0n) is 17.7. The maximum atomic E-state index is 13.2. The van der Waals surface area contributed by atoms with Gasteiger partial charge < -0.3 is 26.3 Å². The van der Waals surface area contributed by atoms with Crippen LogP contribution >= 0.6 is 24.0 Å². The Morgan fingerprint density at radius 3 is 2.32 bits per heavy atom. The van der Waals surface area contributed by atoms with Crippen molar-refractivity contribution >= 4 is 53.1 Å². The number of anilines is 2. The number of likely N-dealkylation sites (tertiary alicyclic amines) is 1. The molecule has 2 heterocycles. The van der Waals surface area contributed by atoms with Crippen LogP contribution in [0.25, 0.3) is 0 Å². The highest BCUT2D eigenvalue weighted by Crippen LogP contribution is 2.21. The van der Waals surface area contributed by atoms with Crippen molar-refractivity contribution < 1.29 is 18.8 Å². The molecule has 1 aliphatic rings. The number of halogens is 3. The summed E-state index contributed by atoms with van der Waals surface area (Å²) in [5.41, 5.74) is 6.94. The van der Waals surface area contributed by atoms with Gasteiger partial charge in [0.05, 0.1) is 16.9 Å². The Hall–Kier alpha value is -3.47. The van der Waals surface area contributed by atoms with Crippen molar-refractivity contribution in [2.75, 3.05) is 23.7 Å². The molecule has 1 unspecified atom stereocenters. The molecule has 0 saturated carbocycles. The number of nitrogens with one attached hydrogen (secondary N) is 3. The molecule has 4 rings (SSSR count). The highest BCUT2D eigenvalue weighted by molar-refractivity contribution is 6.34. The number of benzene rings is 2. The van der Waals surface area contributed by atoms with Crippen molar-refractivity contribution in [2.45, 2.75) is 12.5 Å². The van der Waals surface area contributed by atoms with Crippen LogP contribution in [0.3, 0.4) is 0 Å². The minimum atomic E-state index is -0.557. The number of carbonyl (C=O) groups is 3. The largest absolute Gasteiger partial charge is 0.340 e. The molecule has 0 bridgehead atoms. The summed E-state index contributed by atoms with van der Waals surface area (Å²) in [6.45, 7) is 0.950. The van der Waals surface area contributed by atoms with Crippen LogP contribution < -0.4 is 16.4 Å². The molecule has 0 aliphatic carbocycles. The van der Waals surface area contributed by atoms with Gasteiger partial charge in [-0.3, -0.25) is 14.4 Å². The third-order valence-corrected chi connectivity index (χ3v) is 5.47. The Bertz CT molecular complexity index is 1220. The lowest BCUT2D eigenvalue weighted by Gasteiger charge is -2.15. The molecule has 1 atom stereocenters. The molecule has 1 aromatic heterocycles. The van der Waals surface area contributed by atoms with E-state index in [-0.39, 0.29) is 46.3 Å². The molecule has 34 heavy (non-hydrogen) atoms. The normalized spacial score (nSPS) is 14.9. The first-order valence-corrected chi connectivity index (χ1v) is 10.5. The Kier molecular flexibility index (Phi) is 7.87. The number of hydrogen-bond donors (Lipinski definition) is 4. The number of imidazole rings is 1. The number of aromatic amines is 1. The fraction of sp³-hybridized carbons (Fsp3) is 0.182. The molecule has 0 radical (unpaired) electrons. The number of hydrogen-bond acceptors (Lipinski definition) is 5. The van der Waals surface area contributed by atoms with Crippen molar-refractivity contribution in [2.24, 2.45) is 5.73 Å². The fourth-order valence-electron chi connectivity index (χ4n) is 3.46. The van der Waals surface area contributed by atoms with E-state index in [0.717, 1.165) is 12.1 Å². The maximum Gasteiger partial charge on any atom is 0.276 e. The minimum Gasteiger partial charge on any atom is -0.340 e. The Balaban J connectivity index is 0.00000324. The van der Waals surface area contributed by atoms with Gasteiger partial charge in [-0.1, -0.05) is 11.6 Å². The van der Waals surface area contributed by atoms with Crippen molar-refractivity contribution in [3.05, 3.63) is 76.6 Å². The Morgan fingerprint density at radius 1 is 1.09 bits per heavy atom. The van der Waals surface area contributed by atoms with Gasteiger partial charge in [0, 0.05) is 30.5 Å². The fourth-order valence-corrected chi connectivity index (χ4v) is 3.71. The summed E-state index contributed by atoms with van der Waals surface area (Å²) in [5.74, 6) is -1.93. The molecular weight excluding hydrogens is 486 g/mol. The number of carbonyl (C=O) groups excluding carboxylic acids is 3. The average molecular weight is 507 g/mol. The van der Waals surface area contributed by atoms with Gasteiger partial charge in [0.15, 0.2) is 5.69 Å². The molecule has 3 aromatic rings. The van der Waals surface area contributed by atoms with E-state index in [9.17, 15) is 18.8 Å². The van der Waals surface area contributed by atoms with Gasteiger partial charge in [0.1, 0.15) is 11.5 Å². The second kappa shape index (κ2) is 10.6. The zero-order valence-corrected chi connectivity index (χ0v) is 19.3.